The predicted octanol–water partition coefficient (Wildman–Crippen LogP) is 4.75. The molecule has 0 spiro atoms. The van der Waals surface area contributed by atoms with Crippen molar-refractivity contribution in [2.24, 2.45) is 0 Å². The van der Waals surface area contributed by atoms with E-state index in [9.17, 15) is 9.90 Å². The molecule has 0 radical (unpaired) electrons. The molecule has 2 unspecified atom stereocenters. The minimum atomic E-state index is -1.02. The van der Waals surface area contributed by atoms with Crippen molar-refractivity contribution in [2.45, 2.75) is 69.8 Å². The first-order chi connectivity index (χ1) is 16.0. The SMILES string of the molecule is CC1(C)OB(c2c(Cl)c(F)cc3c2CC(c2ccccc2)(C2CCCN2C(=O)O)O3)OC1(C)C. The topological polar surface area (TPSA) is 68.2 Å². The summed E-state index contributed by atoms with van der Waals surface area (Å²) < 4.78 is 34.1. The van der Waals surface area contributed by atoms with Crippen LogP contribution >= 0.6 is 11.6 Å². The highest BCUT2D eigenvalue weighted by Gasteiger charge is 2.57. The second kappa shape index (κ2) is 7.87. The zero-order chi connectivity index (χ0) is 24.5. The highest BCUT2D eigenvalue weighted by molar-refractivity contribution is 6.66. The average molecular weight is 488 g/mol. The fourth-order valence-corrected chi connectivity index (χ4v) is 5.63. The summed E-state index contributed by atoms with van der Waals surface area (Å²) in [5, 5.41) is 9.84. The van der Waals surface area contributed by atoms with E-state index in [2.05, 4.69) is 0 Å². The molecule has 2 atom stereocenters. The molecular formula is C25H28BClFNO5. The molecule has 3 heterocycles. The Balaban J connectivity index is 1.65. The van der Waals surface area contributed by atoms with Crippen molar-refractivity contribution in [1.82, 2.24) is 4.90 Å². The molecule has 1 amide bonds. The van der Waals surface area contributed by atoms with Crippen molar-refractivity contribution < 1.29 is 28.3 Å². The van der Waals surface area contributed by atoms with E-state index in [0.29, 0.717) is 36.2 Å². The zero-order valence-corrected chi connectivity index (χ0v) is 20.5. The third-order valence-corrected chi connectivity index (χ3v) is 8.23. The number of amides is 1. The number of likely N-dealkylation sites (tertiary alicyclic amines) is 1. The van der Waals surface area contributed by atoms with Crippen LogP contribution in [-0.2, 0) is 21.3 Å². The number of carbonyl (C=O) groups is 1. The van der Waals surface area contributed by atoms with E-state index in [-0.39, 0.29) is 5.02 Å². The minimum Gasteiger partial charge on any atom is -0.480 e. The number of hydrogen-bond acceptors (Lipinski definition) is 4. The summed E-state index contributed by atoms with van der Waals surface area (Å²) in [7, 11) is -0.878. The second-order valence-corrected chi connectivity index (χ2v) is 10.7. The van der Waals surface area contributed by atoms with E-state index in [4.69, 9.17) is 25.6 Å². The summed E-state index contributed by atoms with van der Waals surface area (Å²) in [6, 6.07) is 10.4. The van der Waals surface area contributed by atoms with Crippen LogP contribution in [0.15, 0.2) is 36.4 Å². The Bertz CT molecular complexity index is 1130. The lowest BCUT2D eigenvalue weighted by molar-refractivity contribution is 0.00578. The number of hydrogen-bond donors (Lipinski definition) is 1. The van der Waals surface area contributed by atoms with Crippen molar-refractivity contribution in [2.75, 3.05) is 6.54 Å². The molecular weight excluding hydrogens is 460 g/mol. The van der Waals surface area contributed by atoms with Gasteiger partial charge in [0.1, 0.15) is 11.6 Å². The van der Waals surface area contributed by atoms with Crippen LogP contribution in [0.25, 0.3) is 0 Å². The molecule has 2 aromatic rings. The fourth-order valence-electron chi connectivity index (χ4n) is 5.37. The Morgan fingerprint density at radius 1 is 1.18 bits per heavy atom. The number of halogens is 2. The summed E-state index contributed by atoms with van der Waals surface area (Å²) >= 11 is 6.53. The average Bonchev–Trinajstić information content (AvgIpc) is 3.45. The van der Waals surface area contributed by atoms with Gasteiger partial charge in [-0.05, 0) is 46.1 Å². The van der Waals surface area contributed by atoms with Crippen LogP contribution in [0.4, 0.5) is 9.18 Å². The number of fused-ring (bicyclic) bond motifs is 1. The van der Waals surface area contributed by atoms with Crippen molar-refractivity contribution in [3.63, 3.8) is 0 Å². The van der Waals surface area contributed by atoms with Gasteiger partial charge in [-0.1, -0.05) is 41.9 Å². The molecule has 6 nitrogen and oxygen atoms in total. The predicted molar refractivity (Wildman–Crippen MR) is 127 cm³/mol. The van der Waals surface area contributed by atoms with Crippen molar-refractivity contribution >= 4 is 30.3 Å². The van der Waals surface area contributed by atoms with Crippen molar-refractivity contribution in [3.05, 3.63) is 58.4 Å². The first-order valence-electron chi connectivity index (χ1n) is 11.6. The zero-order valence-electron chi connectivity index (χ0n) is 19.7. The van der Waals surface area contributed by atoms with Gasteiger partial charge in [0, 0.05) is 30.1 Å². The third-order valence-electron chi connectivity index (χ3n) is 7.85. The van der Waals surface area contributed by atoms with Crippen molar-refractivity contribution in [3.8, 4) is 5.75 Å². The number of rotatable bonds is 3. The Labute approximate surface area is 204 Å². The molecule has 0 aromatic heterocycles. The highest BCUT2D eigenvalue weighted by Crippen LogP contribution is 2.49. The normalized spacial score (nSPS) is 27.1. The molecule has 34 heavy (non-hydrogen) atoms. The standard InChI is InChI=1S/C25H28BClFNO5/c1-23(2)24(3,4)34-26(33-23)20-16-14-25(15-9-6-5-7-10-15,19-11-8-12-29(19)22(30)31)32-18(16)13-17(28)21(20)27/h5-7,9-10,13,19H,8,11-12,14H2,1-4H3,(H,30,31). The summed E-state index contributed by atoms with van der Waals surface area (Å²) in [5.41, 5.74) is -0.364. The summed E-state index contributed by atoms with van der Waals surface area (Å²) in [5.74, 6) is -0.289. The van der Waals surface area contributed by atoms with Crippen LogP contribution in [0, 0.1) is 5.82 Å². The van der Waals surface area contributed by atoms with E-state index in [1.54, 1.807) is 0 Å². The monoisotopic (exact) mass is 487 g/mol. The lowest BCUT2D eigenvalue weighted by atomic mass is 9.72. The molecule has 2 fully saturated rings. The quantitative estimate of drug-likeness (QED) is 0.633. The lowest BCUT2D eigenvalue weighted by Crippen LogP contribution is -2.52. The number of carboxylic acid groups (broad SMARTS) is 1. The highest BCUT2D eigenvalue weighted by atomic mass is 35.5. The molecule has 5 rings (SSSR count). The van der Waals surface area contributed by atoms with Crippen LogP contribution in [-0.4, -0.2) is 47.0 Å². The number of benzene rings is 2. The molecule has 1 N–H and O–H groups in total. The largest absolute Gasteiger partial charge is 0.496 e. The van der Waals surface area contributed by atoms with Gasteiger partial charge in [0.05, 0.1) is 22.3 Å². The molecule has 3 aliphatic rings. The van der Waals surface area contributed by atoms with E-state index in [1.165, 1.54) is 11.0 Å². The van der Waals surface area contributed by atoms with Gasteiger partial charge >= 0.3 is 13.2 Å². The van der Waals surface area contributed by atoms with E-state index >= 15 is 4.39 Å². The van der Waals surface area contributed by atoms with E-state index in [1.807, 2.05) is 58.0 Å². The fraction of sp³-hybridized carbons (Fsp3) is 0.480. The van der Waals surface area contributed by atoms with Gasteiger partial charge < -0.3 is 24.1 Å². The molecule has 3 aliphatic heterocycles. The third kappa shape index (κ3) is 3.41. The van der Waals surface area contributed by atoms with Gasteiger partial charge in [-0.3, -0.25) is 0 Å². The molecule has 0 aliphatic carbocycles. The summed E-state index contributed by atoms with van der Waals surface area (Å²) in [6.07, 6.45) is 0.690. The number of nitrogens with zero attached hydrogens (tertiary/aromatic N) is 1. The Kier molecular flexibility index (Phi) is 5.43. The molecule has 0 bridgehead atoms. The lowest BCUT2D eigenvalue weighted by Gasteiger charge is -2.39. The first kappa shape index (κ1) is 23.5. The number of ether oxygens (including phenoxy) is 1. The van der Waals surface area contributed by atoms with Crippen LogP contribution in [0.3, 0.4) is 0 Å². The first-order valence-corrected chi connectivity index (χ1v) is 12.0. The van der Waals surface area contributed by atoms with Gasteiger partial charge in [0.25, 0.3) is 0 Å². The van der Waals surface area contributed by atoms with Gasteiger partial charge in [-0.15, -0.1) is 0 Å². The van der Waals surface area contributed by atoms with Gasteiger partial charge in [-0.25, -0.2) is 9.18 Å². The molecule has 0 saturated carbocycles. The maximum absolute atomic E-state index is 15.1. The van der Waals surface area contributed by atoms with E-state index in [0.717, 1.165) is 12.0 Å². The van der Waals surface area contributed by atoms with Gasteiger partial charge in [0.15, 0.2) is 5.60 Å². The Hall–Kier alpha value is -2.29. The van der Waals surface area contributed by atoms with Gasteiger partial charge in [-0.2, -0.15) is 0 Å². The summed E-state index contributed by atoms with van der Waals surface area (Å²) in [6.45, 7) is 8.12. The minimum absolute atomic E-state index is 0.0637. The maximum atomic E-state index is 15.1. The summed E-state index contributed by atoms with van der Waals surface area (Å²) in [4.78, 5) is 13.5. The molecule has 2 aromatic carbocycles. The smallest absolute Gasteiger partial charge is 0.480 e. The molecule has 9 heteroatoms. The Morgan fingerprint density at radius 3 is 2.44 bits per heavy atom. The molecule has 2 saturated heterocycles. The van der Waals surface area contributed by atoms with E-state index < -0.39 is 41.9 Å². The van der Waals surface area contributed by atoms with Crippen LogP contribution in [0.2, 0.25) is 5.02 Å². The van der Waals surface area contributed by atoms with Gasteiger partial charge in [0.2, 0.25) is 0 Å². The second-order valence-electron chi connectivity index (χ2n) is 10.3. The van der Waals surface area contributed by atoms with Crippen molar-refractivity contribution in [1.29, 1.82) is 0 Å². The molecule has 180 valence electrons. The Morgan fingerprint density at radius 2 is 1.82 bits per heavy atom. The van der Waals surface area contributed by atoms with Crippen LogP contribution in [0.1, 0.15) is 51.7 Å². The maximum Gasteiger partial charge on any atom is 0.496 e. The van der Waals surface area contributed by atoms with Crippen LogP contribution in [0.5, 0.6) is 5.75 Å². The van der Waals surface area contributed by atoms with Crippen LogP contribution < -0.4 is 10.2 Å².